The molecule has 2 atom stereocenters. The number of carbonyl (C=O) groups is 2. The lowest BCUT2D eigenvalue weighted by Gasteiger charge is -2.16. The zero-order chi connectivity index (χ0) is 13.5. The molecule has 0 bridgehead atoms. The van der Waals surface area contributed by atoms with Crippen LogP contribution < -0.4 is 5.32 Å². The Hall–Kier alpha value is -1.23. The first-order valence-electron chi connectivity index (χ1n) is 5.95. The van der Waals surface area contributed by atoms with E-state index in [4.69, 9.17) is 5.11 Å². The Morgan fingerprint density at radius 2 is 2.33 bits per heavy atom. The van der Waals surface area contributed by atoms with E-state index in [-0.39, 0.29) is 5.91 Å². The summed E-state index contributed by atoms with van der Waals surface area (Å²) in [7, 11) is 0. The Labute approximate surface area is 112 Å². The number of carboxylic acids is 1. The standard InChI is InChI=1S/C13H19NO3S/c1-9-3-5-10(6-4-9)12(15)14-11(13(16)17)7-8-18-2/h3,5-6,9,11H,4,7-8H2,1-2H3,(H,14,15)(H,16,17). The molecule has 0 aromatic rings. The van der Waals surface area contributed by atoms with Crippen molar-refractivity contribution in [3.05, 3.63) is 23.8 Å². The van der Waals surface area contributed by atoms with Gasteiger partial charge in [-0.3, -0.25) is 4.79 Å². The average molecular weight is 269 g/mol. The number of allylic oxidation sites excluding steroid dienone is 2. The first-order valence-corrected chi connectivity index (χ1v) is 7.35. The molecule has 1 aliphatic carbocycles. The van der Waals surface area contributed by atoms with Crippen molar-refractivity contribution in [2.24, 2.45) is 5.92 Å². The molecule has 100 valence electrons. The monoisotopic (exact) mass is 269 g/mol. The van der Waals surface area contributed by atoms with E-state index in [1.165, 1.54) is 0 Å². The van der Waals surface area contributed by atoms with Crippen molar-refractivity contribution in [2.45, 2.75) is 25.8 Å². The van der Waals surface area contributed by atoms with Gasteiger partial charge in [0.1, 0.15) is 6.04 Å². The third kappa shape index (κ3) is 4.56. The van der Waals surface area contributed by atoms with E-state index in [1.54, 1.807) is 17.8 Å². The topological polar surface area (TPSA) is 66.4 Å². The molecular weight excluding hydrogens is 250 g/mol. The van der Waals surface area contributed by atoms with Gasteiger partial charge in [-0.05, 0) is 30.8 Å². The zero-order valence-corrected chi connectivity index (χ0v) is 11.5. The third-order valence-electron chi connectivity index (χ3n) is 2.79. The second-order valence-electron chi connectivity index (χ2n) is 4.38. The van der Waals surface area contributed by atoms with Gasteiger partial charge >= 0.3 is 5.97 Å². The van der Waals surface area contributed by atoms with Crippen molar-refractivity contribution < 1.29 is 14.7 Å². The van der Waals surface area contributed by atoms with Crippen LogP contribution in [0.3, 0.4) is 0 Å². The number of carbonyl (C=O) groups excluding carboxylic acids is 1. The van der Waals surface area contributed by atoms with E-state index in [2.05, 4.69) is 12.2 Å². The summed E-state index contributed by atoms with van der Waals surface area (Å²) in [5.74, 6) is -0.130. The van der Waals surface area contributed by atoms with Crippen molar-refractivity contribution in [2.75, 3.05) is 12.0 Å². The smallest absolute Gasteiger partial charge is 0.326 e. The van der Waals surface area contributed by atoms with E-state index in [1.807, 2.05) is 18.4 Å². The Morgan fingerprint density at radius 3 is 2.83 bits per heavy atom. The summed E-state index contributed by atoms with van der Waals surface area (Å²) >= 11 is 1.57. The highest BCUT2D eigenvalue weighted by Crippen LogP contribution is 2.15. The highest BCUT2D eigenvalue weighted by atomic mass is 32.2. The molecule has 2 unspecified atom stereocenters. The van der Waals surface area contributed by atoms with Crippen LogP contribution in [-0.2, 0) is 9.59 Å². The van der Waals surface area contributed by atoms with Crippen molar-refractivity contribution >= 4 is 23.6 Å². The Morgan fingerprint density at radius 1 is 1.61 bits per heavy atom. The van der Waals surface area contributed by atoms with Crippen LogP contribution in [0.15, 0.2) is 23.8 Å². The maximum Gasteiger partial charge on any atom is 0.326 e. The Kier molecular flexibility index (Phi) is 5.98. The Balaban J connectivity index is 2.56. The van der Waals surface area contributed by atoms with Crippen LogP contribution in [0.5, 0.6) is 0 Å². The Bertz CT molecular complexity index is 376. The number of carboxylic acid groups (broad SMARTS) is 1. The maximum atomic E-state index is 11.9. The number of hydrogen-bond acceptors (Lipinski definition) is 3. The lowest BCUT2D eigenvalue weighted by molar-refractivity contribution is -0.141. The molecule has 0 fully saturated rings. The summed E-state index contributed by atoms with van der Waals surface area (Å²) < 4.78 is 0. The molecule has 18 heavy (non-hydrogen) atoms. The maximum absolute atomic E-state index is 11.9. The fourth-order valence-corrected chi connectivity index (χ4v) is 2.10. The summed E-state index contributed by atoms with van der Waals surface area (Å²) in [6, 6.07) is -0.807. The summed E-state index contributed by atoms with van der Waals surface area (Å²) in [4.78, 5) is 22.9. The van der Waals surface area contributed by atoms with Gasteiger partial charge < -0.3 is 10.4 Å². The van der Waals surface area contributed by atoms with E-state index in [0.29, 0.717) is 23.7 Å². The average Bonchev–Trinajstić information content (AvgIpc) is 2.34. The molecule has 0 heterocycles. The van der Waals surface area contributed by atoms with Gasteiger partial charge in [0.05, 0.1) is 0 Å². The molecule has 0 saturated carbocycles. The number of nitrogens with one attached hydrogen (secondary N) is 1. The molecule has 1 aliphatic rings. The highest BCUT2D eigenvalue weighted by Gasteiger charge is 2.21. The second kappa shape index (κ2) is 7.26. The number of amides is 1. The van der Waals surface area contributed by atoms with Gasteiger partial charge in [-0.15, -0.1) is 0 Å². The summed E-state index contributed by atoms with van der Waals surface area (Å²) in [6.07, 6.45) is 8.75. The van der Waals surface area contributed by atoms with Crippen LogP contribution >= 0.6 is 11.8 Å². The molecule has 0 spiro atoms. The lowest BCUT2D eigenvalue weighted by Crippen LogP contribution is -2.41. The fourth-order valence-electron chi connectivity index (χ4n) is 1.63. The van der Waals surface area contributed by atoms with E-state index >= 15 is 0 Å². The van der Waals surface area contributed by atoms with Crippen LogP contribution in [0.2, 0.25) is 0 Å². The van der Waals surface area contributed by atoms with E-state index < -0.39 is 12.0 Å². The van der Waals surface area contributed by atoms with Crippen LogP contribution in [0.4, 0.5) is 0 Å². The molecule has 2 N–H and O–H groups in total. The van der Waals surface area contributed by atoms with Crippen LogP contribution in [0.25, 0.3) is 0 Å². The highest BCUT2D eigenvalue weighted by molar-refractivity contribution is 7.98. The minimum absolute atomic E-state index is 0.299. The van der Waals surface area contributed by atoms with Crippen LogP contribution in [-0.4, -0.2) is 35.0 Å². The molecule has 0 saturated heterocycles. The number of rotatable bonds is 6. The van der Waals surface area contributed by atoms with Crippen molar-refractivity contribution in [3.63, 3.8) is 0 Å². The molecule has 0 aromatic heterocycles. The molecular formula is C13H19NO3S. The molecule has 5 heteroatoms. The zero-order valence-electron chi connectivity index (χ0n) is 10.7. The minimum atomic E-state index is -0.980. The third-order valence-corrected chi connectivity index (χ3v) is 3.43. The molecule has 0 aliphatic heterocycles. The van der Waals surface area contributed by atoms with Gasteiger partial charge in [-0.2, -0.15) is 11.8 Å². The molecule has 0 radical (unpaired) electrons. The number of hydrogen-bond donors (Lipinski definition) is 2. The minimum Gasteiger partial charge on any atom is -0.480 e. The van der Waals surface area contributed by atoms with Crippen molar-refractivity contribution in [1.82, 2.24) is 5.32 Å². The van der Waals surface area contributed by atoms with Gasteiger partial charge in [-0.25, -0.2) is 4.79 Å². The molecule has 0 aromatic carbocycles. The summed E-state index contributed by atoms with van der Waals surface area (Å²) in [5, 5.41) is 11.6. The molecule has 1 amide bonds. The van der Waals surface area contributed by atoms with E-state index in [9.17, 15) is 9.59 Å². The molecule has 4 nitrogen and oxygen atoms in total. The van der Waals surface area contributed by atoms with E-state index in [0.717, 1.165) is 6.42 Å². The first-order chi connectivity index (χ1) is 8.54. The van der Waals surface area contributed by atoms with Gasteiger partial charge in [-0.1, -0.05) is 25.2 Å². The molecule has 1 rings (SSSR count). The SMILES string of the molecule is CSCCC(NC(=O)C1=CCC(C)C=C1)C(=O)O. The van der Waals surface area contributed by atoms with Gasteiger partial charge in [0, 0.05) is 5.57 Å². The second-order valence-corrected chi connectivity index (χ2v) is 5.36. The van der Waals surface area contributed by atoms with Crippen molar-refractivity contribution in [1.29, 1.82) is 0 Å². The van der Waals surface area contributed by atoms with Gasteiger partial charge in [0.25, 0.3) is 5.91 Å². The van der Waals surface area contributed by atoms with Crippen LogP contribution in [0.1, 0.15) is 19.8 Å². The number of thioether (sulfide) groups is 1. The lowest BCUT2D eigenvalue weighted by atomic mass is 9.98. The fraction of sp³-hybridized carbons (Fsp3) is 0.538. The summed E-state index contributed by atoms with van der Waals surface area (Å²) in [5.41, 5.74) is 0.559. The van der Waals surface area contributed by atoms with Gasteiger partial charge in [0.2, 0.25) is 0 Å². The van der Waals surface area contributed by atoms with Crippen LogP contribution in [0, 0.1) is 5.92 Å². The quantitative estimate of drug-likeness (QED) is 0.772. The largest absolute Gasteiger partial charge is 0.480 e. The van der Waals surface area contributed by atoms with Gasteiger partial charge in [0.15, 0.2) is 0 Å². The summed E-state index contributed by atoms with van der Waals surface area (Å²) in [6.45, 7) is 2.07. The first kappa shape index (κ1) is 14.8. The number of aliphatic carboxylic acids is 1. The normalized spacial score (nSPS) is 20.1. The predicted molar refractivity (Wildman–Crippen MR) is 73.6 cm³/mol. The predicted octanol–water partition coefficient (Wildman–Crippen LogP) is 1.83. The van der Waals surface area contributed by atoms with Crippen molar-refractivity contribution in [3.8, 4) is 0 Å².